The number of ether oxygens (including phenoxy) is 1. The number of halogens is 2. The average Bonchev–Trinajstić information content (AvgIpc) is 2.66. The molecular formula is C20H22ClFN2O3. The number of amides is 2. The van der Waals surface area contributed by atoms with Crippen LogP contribution in [0.25, 0.3) is 0 Å². The van der Waals surface area contributed by atoms with E-state index in [2.05, 4.69) is 5.32 Å². The van der Waals surface area contributed by atoms with Gasteiger partial charge in [-0.05, 0) is 43.7 Å². The number of hydrogen-bond donors (Lipinski definition) is 1. The zero-order chi connectivity index (χ0) is 19.8. The third-order valence-corrected chi connectivity index (χ3v) is 4.22. The molecular weight excluding hydrogens is 371 g/mol. The predicted octanol–water partition coefficient (Wildman–Crippen LogP) is 3.41. The quantitative estimate of drug-likeness (QED) is 0.749. The van der Waals surface area contributed by atoms with E-state index in [-0.39, 0.29) is 24.8 Å². The van der Waals surface area contributed by atoms with Gasteiger partial charge in [0.05, 0.1) is 0 Å². The Morgan fingerprint density at radius 3 is 2.48 bits per heavy atom. The molecule has 144 valence electrons. The molecule has 0 aliphatic heterocycles. The second kappa shape index (κ2) is 9.92. The lowest BCUT2D eigenvalue weighted by Gasteiger charge is -2.28. The Labute approximate surface area is 163 Å². The first-order valence-electron chi connectivity index (χ1n) is 8.61. The SMILES string of the molecule is CCNC(=O)C(C)N(Cc1ccc(Cl)cc1)C(=O)COc1ccccc1F. The van der Waals surface area contributed by atoms with Gasteiger partial charge >= 0.3 is 0 Å². The molecule has 0 saturated carbocycles. The van der Waals surface area contributed by atoms with Crippen molar-refractivity contribution in [3.8, 4) is 5.75 Å². The Morgan fingerprint density at radius 1 is 1.19 bits per heavy atom. The molecule has 1 atom stereocenters. The van der Waals surface area contributed by atoms with Crippen LogP contribution in [0.4, 0.5) is 4.39 Å². The van der Waals surface area contributed by atoms with Crippen LogP contribution in [0.5, 0.6) is 5.75 Å². The predicted molar refractivity (Wildman–Crippen MR) is 102 cm³/mol. The summed E-state index contributed by atoms with van der Waals surface area (Å²) in [4.78, 5) is 26.4. The van der Waals surface area contributed by atoms with Crippen LogP contribution in [0.2, 0.25) is 5.02 Å². The van der Waals surface area contributed by atoms with E-state index in [0.717, 1.165) is 5.56 Å². The van der Waals surface area contributed by atoms with Crippen molar-refractivity contribution in [1.29, 1.82) is 0 Å². The first kappa shape index (κ1) is 20.7. The third kappa shape index (κ3) is 5.96. The van der Waals surface area contributed by atoms with E-state index in [4.69, 9.17) is 16.3 Å². The molecule has 1 N–H and O–H groups in total. The Bertz CT molecular complexity index is 783. The molecule has 0 aromatic heterocycles. The highest BCUT2D eigenvalue weighted by Gasteiger charge is 2.26. The number of nitrogens with one attached hydrogen (secondary N) is 1. The first-order chi connectivity index (χ1) is 12.9. The van der Waals surface area contributed by atoms with Crippen LogP contribution in [-0.4, -0.2) is 35.9 Å². The molecule has 7 heteroatoms. The molecule has 0 fully saturated rings. The maximum atomic E-state index is 13.7. The van der Waals surface area contributed by atoms with E-state index in [0.29, 0.717) is 11.6 Å². The van der Waals surface area contributed by atoms with E-state index in [1.165, 1.54) is 23.1 Å². The van der Waals surface area contributed by atoms with Crippen LogP contribution in [0.1, 0.15) is 19.4 Å². The topological polar surface area (TPSA) is 58.6 Å². The van der Waals surface area contributed by atoms with E-state index < -0.39 is 17.8 Å². The van der Waals surface area contributed by atoms with Crippen LogP contribution in [0.3, 0.4) is 0 Å². The molecule has 0 spiro atoms. The monoisotopic (exact) mass is 392 g/mol. The van der Waals surface area contributed by atoms with Crippen LogP contribution >= 0.6 is 11.6 Å². The van der Waals surface area contributed by atoms with Gasteiger partial charge in [0.2, 0.25) is 5.91 Å². The smallest absolute Gasteiger partial charge is 0.261 e. The maximum absolute atomic E-state index is 13.7. The molecule has 0 heterocycles. The normalized spacial score (nSPS) is 11.6. The summed E-state index contributed by atoms with van der Waals surface area (Å²) in [6, 6.07) is 12.1. The van der Waals surface area contributed by atoms with Gasteiger partial charge in [0.25, 0.3) is 5.91 Å². The van der Waals surface area contributed by atoms with Crippen molar-refractivity contribution >= 4 is 23.4 Å². The van der Waals surface area contributed by atoms with Gasteiger partial charge in [-0.25, -0.2) is 4.39 Å². The second-order valence-corrected chi connectivity index (χ2v) is 6.37. The zero-order valence-corrected chi connectivity index (χ0v) is 16.0. The highest BCUT2D eigenvalue weighted by atomic mass is 35.5. The minimum Gasteiger partial charge on any atom is -0.481 e. The molecule has 0 aliphatic rings. The number of hydrogen-bond acceptors (Lipinski definition) is 3. The van der Waals surface area contributed by atoms with Crippen LogP contribution in [-0.2, 0) is 16.1 Å². The third-order valence-electron chi connectivity index (χ3n) is 3.97. The summed E-state index contributed by atoms with van der Waals surface area (Å²) in [5.74, 6) is -1.26. The second-order valence-electron chi connectivity index (χ2n) is 5.94. The molecule has 2 aromatic rings. The standard InChI is InChI=1S/C20H22ClFN2O3/c1-3-23-20(26)14(2)24(12-15-8-10-16(21)11-9-15)19(25)13-27-18-7-5-4-6-17(18)22/h4-11,14H,3,12-13H2,1-2H3,(H,23,26). The summed E-state index contributed by atoms with van der Waals surface area (Å²) < 4.78 is 19.0. The molecule has 1 unspecified atom stereocenters. The lowest BCUT2D eigenvalue weighted by molar-refractivity contribution is -0.142. The Morgan fingerprint density at radius 2 is 1.85 bits per heavy atom. The summed E-state index contributed by atoms with van der Waals surface area (Å²) in [5, 5.41) is 3.28. The fourth-order valence-electron chi connectivity index (χ4n) is 2.48. The first-order valence-corrected chi connectivity index (χ1v) is 8.99. The van der Waals surface area contributed by atoms with Gasteiger partial charge in [-0.1, -0.05) is 35.9 Å². The summed E-state index contributed by atoms with van der Waals surface area (Å²) in [6.07, 6.45) is 0. The van der Waals surface area contributed by atoms with E-state index >= 15 is 0 Å². The van der Waals surface area contributed by atoms with Crippen LogP contribution < -0.4 is 10.1 Å². The maximum Gasteiger partial charge on any atom is 0.261 e. The van der Waals surface area contributed by atoms with Gasteiger partial charge in [-0.2, -0.15) is 0 Å². The molecule has 0 bridgehead atoms. The van der Waals surface area contributed by atoms with Crippen molar-refractivity contribution in [1.82, 2.24) is 10.2 Å². The molecule has 2 aromatic carbocycles. The van der Waals surface area contributed by atoms with Crippen molar-refractivity contribution in [2.75, 3.05) is 13.2 Å². The molecule has 5 nitrogen and oxygen atoms in total. The van der Waals surface area contributed by atoms with Gasteiger partial charge in [0.15, 0.2) is 18.2 Å². The highest BCUT2D eigenvalue weighted by Crippen LogP contribution is 2.17. The van der Waals surface area contributed by atoms with Gasteiger partial charge in [-0.15, -0.1) is 0 Å². The summed E-state index contributed by atoms with van der Waals surface area (Å²) in [7, 11) is 0. The van der Waals surface area contributed by atoms with Crippen molar-refractivity contribution in [3.05, 3.63) is 64.9 Å². The van der Waals surface area contributed by atoms with Crippen molar-refractivity contribution < 1.29 is 18.7 Å². The molecule has 0 radical (unpaired) electrons. The minimum atomic E-state index is -0.711. The number of carbonyl (C=O) groups excluding carboxylic acids is 2. The van der Waals surface area contributed by atoms with Crippen molar-refractivity contribution in [3.63, 3.8) is 0 Å². The zero-order valence-electron chi connectivity index (χ0n) is 15.2. The van der Waals surface area contributed by atoms with E-state index in [1.54, 1.807) is 44.2 Å². The molecule has 27 heavy (non-hydrogen) atoms. The number of carbonyl (C=O) groups is 2. The number of benzene rings is 2. The largest absolute Gasteiger partial charge is 0.481 e. The lowest BCUT2D eigenvalue weighted by Crippen LogP contribution is -2.49. The van der Waals surface area contributed by atoms with Gasteiger partial charge in [-0.3, -0.25) is 9.59 Å². The van der Waals surface area contributed by atoms with Crippen LogP contribution in [0.15, 0.2) is 48.5 Å². The number of rotatable bonds is 8. The Kier molecular flexibility index (Phi) is 7.61. The van der Waals surface area contributed by atoms with Crippen LogP contribution in [0, 0.1) is 5.82 Å². The summed E-state index contributed by atoms with van der Waals surface area (Å²) in [6.45, 7) is 3.73. The highest BCUT2D eigenvalue weighted by molar-refractivity contribution is 6.30. The summed E-state index contributed by atoms with van der Waals surface area (Å²) in [5.41, 5.74) is 0.815. The molecule has 2 rings (SSSR count). The summed E-state index contributed by atoms with van der Waals surface area (Å²) >= 11 is 5.90. The average molecular weight is 393 g/mol. The van der Waals surface area contributed by atoms with Gasteiger partial charge < -0.3 is 15.0 Å². The van der Waals surface area contributed by atoms with Crippen molar-refractivity contribution in [2.45, 2.75) is 26.4 Å². The Balaban J connectivity index is 2.14. The molecule has 0 aliphatic carbocycles. The van der Waals surface area contributed by atoms with Gasteiger partial charge in [0.1, 0.15) is 6.04 Å². The minimum absolute atomic E-state index is 0.0112. The number of likely N-dealkylation sites (N-methyl/N-ethyl adjacent to an activating group) is 1. The fourth-order valence-corrected chi connectivity index (χ4v) is 2.60. The van der Waals surface area contributed by atoms with E-state index in [9.17, 15) is 14.0 Å². The Hall–Kier alpha value is -2.60. The lowest BCUT2D eigenvalue weighted by atomic mass is 10.1. The number of nitrogens with zero attached hydrogens (tertiary/aromatic N) is 1. The molecule has 0 saturated heterocycles. The molecule has 2 amide bonds. The fraction of sp³-hybridized carbons (Fsp3) is 0.300. The van der Waals surface area contributed by atoms with Crippen molar-refractivity contribution in [2.24, 2.45) is 0 Å². The van der Waals surface area contributed by atoms with Gasteiger partial charge in [0, 0.05) is 18.1 Å². The van der Waals surface area contributed by atoms with E-state index in [1.807, 2.05) is 0 Å². The number of para-hydroxylation sites is 1.